The number of aryl methyl sites for hydroxylation is 1. The minimum Gasteiger partial charge on any atom is -0.355 e. The molecule has 0 saturated heterocycles. The molecule has 2 amide bonds. The van der Waals surface area contributed by atoms with Crippen molar-refractivity contribution in [1.29, 1.82) is 0 Å². The summed E-state index contributed by atoms with van der Waals surface area (Å²) >= 11 is 0. The Balaban J connectivity index is 1.65. The van der Waals surface area contributed by atoms with E-state index in [-0.39, 0.29) is 11.8 Å². The van der Waals surface area contributed by atoms with E-state index in [2.05, 4.69) is 16.0 Å². The maximum atomic E-state index is 12.5. The van der Waals surface area contributed by atoms with Gasteiger partial charge in [0.15, 0.2) is 0 Å². The van der Waals surface area contributed by atoms with E-state index in [1.165, 1.54) is 5.56 Å². The Kier molecular flexibility index (Phi) is 4.34. The van der Waals surface area contributed by atoms with Crippen molar-refractivity contribution in [2.75, 3.05) is 10.6 Å². The van der Waals surface area contributed by atoms with E-state index in [1.807, 2.05) is 43.3 Å². The normalized spacial score (nSPS) is 12.3. The molecule has 27 heavy (non-hydrogen) atoms. The summed E-state index contributed by atoms with van der Waals surface area (Å²) in [6, 6.07) is 20.6. The van der Waals surface area contributed by atoms with Gasteiger partial charge in [-0.05, 0) is 43.3 Å². The first-order chi connectivity index (χ1) is 13.1. The molecule has 3 aromatic rings. The molecule has 5 nitrogen and oxygen atoms in total. The largest absolute Gasteiger partial charge is 0.355 e. The van der Waals surface area contributed by atoms with E-state index in [1.54, 1.807) is 30.3 Å². The van der Waals surface area contributed by atoms with Gasteiger partial charge in [-0.2, -0.15) is 0 Å². The average Bonchev–Trinajstić information content (AvgIpc) is 3.08. The lowest BCUT2D eigenvalue weighted by Crippen LogP contribution is -2.17. The van der Waals surface area contributed by atoms with E-state index < -0.39 is 0 Å². The summed E-state index contributed by atoms with van der Waals surface area (Å²) in [7, 11) is 0. The molecular formula is C22H19N3O2. The zero-order chi connectivity index (χ0) is 18.8. The summed E-state index contributed by atoms with van der Waals surface area (Å²) in [5, 5.41) is 9.06. The number of anilines is 3. The molecule has 0 saturated carbocycles. The van der Waals surface area contributed by atoms with E-state index in [9.17, 15) is 9.59 Å². The van der Waals surface area contributed by atoms with Gasteiger partial charge in [0.2, 0.25) is 0 Å². The van der Waals surface area contributed by atoms with Gasteiger partial charge in [0.25, 0.3) is 11.8 Å². The van der Waals surface area contributed by atoms with Gasteiger partial charge < -0.3 is 16.0 Å². The van der Waals surface area contributed by atoms with Crippen LogP contribution in [0.2, 0.25) is 0 Å². The van der Waals surface area contributed by atoms with Crippen molar-refractivity contribution in [2.45, 2.75) is 13.5 Å². The van der Waals surface area contributed by atoms with Crippen LogP contribution in [0.25, 0.3) is 0 Å². The number of carbonyl (C=O) groups excluding carboxylic acids is 2. The lowest BCUT2D eigenvalue weighted by molar-refractivity contribution is 0.0966. The summed E-state index contributed by atoms with van der Waals surface area (Å²) in [6.07, 6.45) is 0. The highest BCUT2D eigenvalue weighted by Gasteiger charge is 2.26. The van der Waals surface area contributed by atoms with E-state index in [0.717, 1.165) is 16.9 Å². The van der Waals surface area contributed by atoms with Crippen LogP contribution in [0.15, 0.2) is 66.7 Å². The number of fused-ring (bicyclic) bond motifs is 1. The topological polar surface area (TPSA) is 70.2 Å². The first kappa shape index (κ1) is 16.8. The molecule has 1 aliphatic heterocycles. The fraction of sp³-hybridized carbons (Fsp3) is 0.0909. The molecule has 0 unspecified atom stereocenters. The fourth-order valence-electron chi connectivity index (χ4n) is 3.15. The molecule has 1 aliphatic rings. The number of amides is 2. The molecule has 3 N–H and O–H groups in total. The minimum atomic E-state index is -0.239. The maximum absolute atomic E-state index is 12.5. The van der Waals surface area contributed by atoms with Crippen LogP contribution >= 0.6 is 0 Å². The monoisotopic (exact) mass is 357 g/mol. The number of carbonyl (C=O) groups is 2. The lowest BCUT2D eigenvalue weighted by Gasteiger charge is -2.14. The average molecular weight is 357 g/mol. The molecule has 3 aromatic carbocycles. The molecule has 0 radical (unpaired) electrons. The summed E-state index contributed by atoms with van der Waals surface area (Å²) in [4.78, 5) is 24.8. The van der Waals surface area contributed by atoms with Crippen LogP contribution in [-0.2, 0) is 6.54 Å². The summed E-state index contributed by atoms with van der Waals surface area (Å²) < 4.78 is 0. The molecule has 0 bridgehead atoms. The third-order valence-corrected chi connectivity index (χ3v) is 4.58. The molecule has 5 heteroatoms. The Morgan fingerprint density at radius 1 is 0.926 bits per heavy atom. The van der Waals surface area contributed by atoms with Crippen LogP contribution < -0.4 is 16.0 Å². The van der Waals surface area contributed by atoms with Crippen LogP contribution in [-0.4, -0.2) is 11.8 Å². The van der Waals surface area contributed by atoms with Crippen molar-refractivity contribution in [3.8, 4) is 0 Å². The van der Waals surface area contributed by atoms with Crippen molar-refractivity contribution in [2.24, 2.45) is 0 Å². The SMILES string of the molecule is Cc1ccc(Nc2ccc(NC(=O)c3ccccc3)c3c2CNC3=O)cc1. The van der Waals surface area contributed by atoms with Crippen LogP contribution in [0, 0.1) is 6.92 Å². The highest BCUT2D eigenvalue weighted by molar-refractivity contribution is 6.11. The second-order valence-corrected chi connectivity index (χ2v) is 6.51. The Bertz CT molecular complexity index is 1010. The standard InChI is InChI=1S/C22H19N3O2/c1-14-7-9-16(10-8-14)24-18-11-12-19(20-17(18)13-23-22(20)27)25-21(26)15-5-3-2-4-6-15/h2-12,24H,13H2,1H3,(H,23,27)(H,25,26). The Morgan fingerprint density at radius 3 is 2.37 bits per heavy atom. The van der Waals surface area contributed by atoms with Gasteiger partial charge in [-0.3, -0.25) is 9.59 Å². The highest BCUT2D eigenvalue weighted by Crippen LogP contribution is 2.33. The maximum Gasteiger partial charge on any atom is 0.255 e. The van der Waals surface area contributed by atoms with Crippen molar-refractivity contribution < 1.29 is 9.59 Å². The molecule has 0 atom stereocenters. The first-order valence-corrected chi connectivity index (χ1v) is 8.76. The lowest BCUT2D eigenvalue weighted by atomic mass is 10.0. The molecule has 0 aromatic heterocycles. The van der Waals surface area contributed by atoms with Crippen molar-refractivity contribution >= 4 is 28.9 Å². The molecule has 0 aliphatic carbocycles. The quantitative estimate of drug-likeness (QED) is 0.654. The minimum absolute atomic E-state index is 0.180. The Labute approximate surface area is 157 Å². The number of benzene rings is 3. The van der Waals surface area contributed by atoms with Gasteiger partial charge >= 0.3 is 0 Å². The van der Waals surface area contributed by atoms with Crippen molar-refractivity contribution in [3.63, 3.8) is 0 Å². The zero-order valence-corrected chi connectivity index (χ0v) is 14.9. The third-order valence-electron chi connectivity index (χ3n) is 4.58. The van der Waals surface area contributed by atoms with Gasteiger partial charge in [0.05, 0.1) is 11.3 Å². The van der Waals surface area contributed by atoms with Gasteiger partial charge in [-0.1, -0.05) is 35.9 Å². The Hall–Kier alpha value is -3.60. The molecule has 1 heterocycles. The molecular weight excluding hydrogens is 338 g/mol. The predicted molar refractivity (Wildman–Crippen MR) is 106 cm³/mol. The fourth-order valence-corrected chi connectivity index (χ4v) is 3.15. The molecule has 0 fully saturated rings. The van der Waals surface area contributed by atoms with Gasteiger partial charge in [-0.15, -0.1) is 0 Å². The number of nitrogens with one attached hydrogen (secondary N) is 3. The summed E-state index contributed by atoms with van der Waals surface area (Å²) in [5.41, 5.74) is 5.41. The third kappa shape index (κ3) is 3.40. The zero-order valence-electron chi connectivity index (χ0n) is 14.9. The van der Waals surface area contributed by atoms with E-state index in [4.69, 9.17) is 0 Å². The molecule has 4 rings (SSSR count). The second kappa shape index (κ2) is 6.96. The van der Waals surface area contributed by atoms with Crippen LogP contribution in [0.5, 0.6) is 0 Å². The van der Waals surface area contributed by atoms with Gasteiger partial charge in [-0.25, -0.2) is 0 Å². The van der Waals surface area contributed by atoms with Crippen LogP contribution in [0.4, 0.5) is 17.1 Å². The van der Waals surface area contributed by atoms with Crippen LogP contribution in [0.3, 0.4) is 0 Å². The number of rotatable bonds is 4. The van der Waals surface area contributed by atoms with Gasteiger partial charge in [0, 0.05) is 29.0 Å². The smallest absolute Gasteiger partial charge is 0.255 e. The van der Waals surface area contributed by atoms with Crippen molar-refractivity contribution in [3.05, 3.63) is 89.0 Å². The molecule has 0 spiro atoms. The van der Waals surface area contributed by atoms with Crippen molar-refractivity contribution in [1.82, 2.24) is 5.32 Å². The second-order valence-electron chi connectivity index (χ2n) is 6.51. The van der Waals surface area contributed by atoms with Crippen LogP contribution in [0.1, 0.15) is 31.8 Å². The first-order valence-electron chi connectivity index (χ1n) is 8.76. The summed E-state index contributed by atoms with van der Waals surface area (Å²) in [6.45, 7) is 2.46. The highest BCUT2D eigenvalue weighted by atomic mass is 16.2. The summed E-state index contributed by atoms with van der Waals surface area (Å²) in [5.74, 6) is -0.419. The predicted octanol–water partition coefficient (Wildman–Crippen LogP) is 4.23. The Morgan fingerprint density at radius 2 is 1.63 bits per heavy atom. The molecule has 134 valence electrons. The number of hydrogen-bond donors (Lipinski definition) is 3. The van der Waals surface area contributed by atoms with E-state index in [0.29, 0.717) is 23.4 Å². The van der Waals surface area contributed by atoms with Gasteiger partial charge in [0.1, 0.15) is 0 Å². The number of hydrogen-bond acceptors (Lipinski definition) is 3. The van der Waals surface area contributed by atoms with E-state index >= 15 is 0 Å².